The van der Waals surface area contributed by atoms with Crippen molar-refractivity contribution in [2.24, 2.45) is 0 Å². The predicted molar refractivity (Wildman–Crippen MR) is 135 cm³/mol. The number of benzene rings is 3. The smallest absolute Gasteiger partial charge is 0.335 e. The molecule has 0 spiro atoms. The number of methoxy groups -OCH3 is 2. The maximum Gasteiger partial charge on any atom is 0.335 e. The van der Waals surface area contributed by atoms with E-state index < -0.39 is 12.0 Å². The van der Waals surface area contributed by atoms with Crippen LogP contribution in [0.1, 0.15) is 46.9 Å². The zero-order valence-electron chi connectivity index (χ0n) is 20.7. The van der Waals surface area contributed by atoms with Crippen molar-refractivity contribution in [2.45, 2.75) is 26.3 Å². The van der Waals surface area contributed by atoms with Gasteiger partial charge in [0.25, 0.3) is 0 Å². The Labute approximate surface area is 210 Å². The van der Waals surface area contributed by atoms with E-state index in [4.69, 9.17) is 18.9 Å². The van der Waals surface area contributed by atoms with Gasteiger partial charge in [-0.3, -0.25) is 4.79 Å². The lowest BCUT2D eigenvalue weighted by molar-refractivity contribution is -0.118. The summed E-state index contributed by atoms with van der Waals surface area (Å²) in [5, 5.41) is 9.32. The van der Waals surface area contributed by atoms with Crippen LogP contribution in [0.5, 0.6) is 23.0 Å². The number of hydrogen-bond acceptors (Lipinski definition) is 6. The van der Waals surface area contributed by atoms with Crippen molar-refractivity contribution in [3.8, 4) is 23.0 Å². The molecule has 0 aliphatic carbocycles. The summed E-state index contributed by atoms with van der Waals surface area (Å²) in [4.78, 5) is 26.7. The molecule has 0 saturated carbocycles. The quantitative estimate of drug-likeness (QED) is 0.456. The van der Waals surface area contributed by atoms with E-state index in [1.807, 2.05) is 38.1 Å². The van der Waals surface area contributed by atoms with E-state index in [2.05, 4.69) is 0 Å². The Balaban J connectivity index is 1.93. The lowest BCUT2D eigenvalue weighted by Gasteiger charge is -2.38. The fourth-order valence-corrected chi connectivity index (χ4v) is 4.50. The van der Waals surface area contributed by atoms with Crippen LogP contribution in [-0.4, -0.2) is 44.4 Å². The molecular weight excluding hydrogens is 462 g/mol. The van der Waals surface area contributed by atoms with E-state index in [1.165, 1.54) is 12.1 Å². The van der Waals surface area contributed by atoms with Crippen molar-refractivity contribution in [1.82, 2.24) is 0 Å². The Morgan fingerprint density at radius 3 is 2.11 bits per heavy atom. The van der Waals surface area contributed by atoms with Crippen LogP contribution in [0.2, 0.25) is 0 Å². The van der Waals surface area contributed by atoms with Gasteiger partial charge < -0.3 is 29.0 Å². The molecule has 188 valence electrons. The molecule has 1 atom stereocenters. The van der Waals surface area contributed by atoms with Crippen molar-refractivity contribution in [3.05, 3.63) is 76.9 Å². The van der Waals surface area contributed by atoms with Crippen molar-refractivity contribution in [3.63, 3.8) is 0 Å². The van der Waals surface area contributed by atoms with Gasteiger partial charge in [-0.05, 0) is 79.1 Å². The molecule has 8 nitrogen and oxygen atoms in total. The molecule has 0 aromatic heterocycles. The first-order valence-electron chi connectivity index (χ1n) is 11.7. The van der Waals surface area contributed by atoms with Gasteiger partial charge in [0.1, 0.15) is 0 Å². The highest BCUT2D eigenvalue weighted by atomic mass is 16.5. The Morgan fingerprint density at radius 2 is 1.53 bits per heavy atom. The average molecular weight is 492 g/mol. The van der Waals surface area contributed by atoms with Crippen LogP contribution in [0.15, 0.2) is 54.6 Å². The van der Waals surface area contributed by atoms with Crippen LogP contribution in [0.3, 0.4) is 0 Å². The maximum absolute atomic E-state index is 13.6. The second kappa shape index (κ2) is 10.6. The lowest BCUT2D eigenvalue weighted by atomic mass is 9.86. The van der Waals surface area contributed by atoms with Crippen LogP contribution >= 0.6 is 0 Å². The summed E-state index contributed by atoms with van der Waals surface area (Å²) in [6.45, 7) is 4.73. The van der Waals surface area contributed by atoms with Crippen molar-refractivity contribution < 1.29 is 33.6 Å². The van der Waals surface area contributed by atoms with Gasteiger partial charge in [0.2, 0.25) is 5.91 Å². The molecule has 36 heavy (non-hydrogen) atoms. The van der Waals surface area contributed by atoms with Crippen LogP contribution < -0.4 is 23.8 Å². The number of rotatable bonds is 9. The molecule has 8 heteroatoms. The molecular formula is C28H29NO7. The molecule has 0 unspecified atom stereocenters. The molecule has 1 heterocycles. The molecule has 0 fully saturated rings. The van der Waals surface area contributed by atoms with E-state index in [1.54, 1.807) is 37.3 Å². The molecule has 3 aromatic carbocycles. The molecule has 0 radical (unpaired) electrons. The molecule has 3 aromatic rings. The summed E-state index contributed by atoms with van der Waals surface area (Å²) in [7, 11) is 3.13. The number of carbonyl (C=O) groups is 2. The Kier molecular flexibility index (Phi) is 7.33. The van der Waals surface area contributed by atoms with Crippen molar-refractivity contribution in [1.29, 1.82) is 0 Å². The van der Waals surface area contributed by atoms with Crippen LogP contribution in [0.4, 0.5) is 5.69 Å². The molecule has 1 aliphatic heterocycles. The molecule has 4 rings (SSSR count). The Hall–Kier alpha value is -4.20. The van der Waals surface area contributed by atoms with Crippen LogP contribution in [0, 0.1) is 0 Å². The largest absolute Gasteiger partial charge is 0.493 e. The van der Waals surface area contributed by atoms with Gasteiger partial charge in [-0.25, -0.2) is 4.79 Å². The number of anilines is 1. The number of carboxylic acids is 1. The van der Waals surface area contributed by atoms with Gasteiger partial charge in [0.15, 0.2) is 23.0 Å². The summed E-state index contributed by atoms with van der Waals surface area (Å²) in [5.74, 6) is 1.14. The number of ether oxygens (including phenoxy) is 4. The number of aromatic carboxylic acids is 1. The first kappa shape index (κ1) is 24.9. The summed E-state index contributed by atoms with van der Waals surface area (Å²) in [6.07, 6.45) is 0.159. The summed E-state index contributed by atoms with van der Waals surface area (Å²) >= 11 is 0. The minimum Gasteiger partial charge on any atom is -0.493 e. The highest BCUT2D eigenvalue weighted by molar-refractivity contribution is 5.99. The predicted octanol–water partition coefficient (Wildman–Crippen LogP) is 4.88. The highest BCUT2D eigenvalue weighted by Gasteiger charge is 2.36. The minimum absolute atomic E-state index is 0.128. The SMILES string of the molecule is CCOc1cc2c(cc1OCC)[C@@H](c1ccc(OC)c(OC)c1)N(c1ccc(C(=O)O)cc1)C(=O)C2. The van der Waals surface area contributed by atoms with Gasteiger partial charge in [0.05, 0.1) is 45.5 Å². The zero-order valence-corrected chi connectivity index (χ0v) is 20.7. The third-order valence-corrected chi connectivity index (χ3v) is 6.08. The summed E-state index contributed by atoms with van der Waals surface area (Å²) < 4.78 is 22.6. The molecule has 0 saturated heterocycles. The summed E-state index contributed by atoms with van der Waals surface area (Å²) in [5.41, 5.74) is 3.26. The number of carbonyl (C=O) groups excluding carboxylic acids is 1. The molecule has 0 bridgehead atoms. The monoisotopic (exact) mass is 491 g/mol. The van der Waals surface area contributed by atoms with Crippen LogP contribution in [0.25, 0.3) is 0 Å². The third-order valence-electron chi connectivity index (χ3n) is 6.08. The average Bonchev–Trinajstić information content (AvgIpc) is 2.88. The highest BCUT2D eigenvalue weighted by Crippen LogP contribution is 2.45. The van der Waals surface area contributed by atoms with Gasteiger partial charge in [0, 0.05) is 5.69 Å². The van der Waals surface area contributed by atoms with E-state index >= 15 is 0 Å². The number of carboxylic acid groups (broad SMARTS) is 1. The number of nitrogens with zero attached hydrogens (tertiary/aromatic N) is 1. The van der Waals surface area contributed by atoms with E-state index in [0.29, 0.717) is 41.9 Å². The standard InChI is InChI=1S/C28H29NO7/c1-5-35-24-14-19-15-26(30)29(20-10-7-17(8-11-20)28(31)32)27(21(19)16-25(24)36-6-2)18-9-12-22(33-3)23(13-18)34-4/h7-14,16,27H,5-6,15H2,1-4H3,(H,31,32)/t27-/m1/s1. The number of amides is 1. The van der Waals surface area contributed by atoms with E-state index in [0.717, 1.165) is 16.7 Å². The first-order chi connectivity index (χ1) is 17.4. The van der Waals surface area contributed by atoms with E-state index in [-0.39, 0.29) is 17.9 Å². The second-order valence-corrected chi connectivity index (χ2v) is 8.17. The summed E-state index contributed by atoms with van der Waals surface area (Å²) in [6, 6.07) is 15.1. The Bertz CT molecular complexity index is 1270. The fourth-order valence-electron chi connectivity index (χ4n) is 4.50. The molecule has 1 N–H and O–H groups in total. The maximum atomic E-state index is 13.6. The number of hydrogen-bond donors (Lipinski definition) is 1. The first-order valence-corrected chi connectivity index (χ1v) is 11.7. The van der Waals surface area contributed by atoms with E-state index in [9.17, 15) is 14.7 Å². The Morgan fingerprint density at radius 1 is 0.889 bits per heavy atom. The van der Waals surface area contributed by atoms with Gasteiger partial charge in [-0.2, -0.15) is 0 Å². The van der Waals surface area contributed by atoms with Crippen LogP contribution in [-0.2, 0) is 11.2 Å². The van der Waals surface area contributed by atoms with Gasteiger partial charge in [-0.15, -0.1) is 0 Å². The van der Waals surface area contributed by atoms with Gasteiger partial charge in [-0.1, -0.05) is 6.07 Å². The lowest BCUT2D eigenvalue weighted by Crippen LogP contribution is -2.41. The second-order valence-electron chi connectivity index (χ2n) is 8.17. The molecule has 1 amide bonds. The zero-order chi connectivity index (χ0) is 25.8. The minimum atomic E-state index is -1.03. The normalized spacial score (nSPS) is 14.7. The van der Waals surface area contributed by atoms with Gasteiger partial charge >= 0.3 is 5.97 Å². The van der Waals surface area contributed by atoms with Crippen molar-refractivity contribution >= 4 is 17.6 Å². The fraction of sp³-hybridized carbons (Fsp3) is 0.286. The molecule has 1 aliphatic rings. The third kappa shape index (κ3) is 4.66. The topological polar surface area (TPSA) is 94.5 Å². The van der Waals surface area contributed by atoms with Crippen molar-refractivity contribution in [2.75, 3.05) is 32.3 Å². The number of fused-ring (bicyclic) bond motifs is 1.